The van der Waals surface area contributed by atoms with Crippen molar-refractivity contribution in [1.29, 1.82) is 0 Å². The van der Waals surface area contributed by atoms with Gasteiger partial charge in [0.2, 0.25) is 0 Å². The van der Waals surface area contributed by atoms with Gasteiger partial charge >= 0.3 is 6.18 Å². The minimum atomic E-state index is -4.43. The molecule has 0 N–H and O–H groups in total. The number of aromatic nitrogens is 2. The summed E-state index contributed by atoms with van der Waals surface area (Å²) >= 11 is 2.29. The zero-order chi connectivity index (χ0) is 18.0. The van der Waals surface area contributed by atoms with E-state index in [1.165, 1.54) is 23.9 Å². The number of benzene rings is 1. The lowest BCUT2D eigenvalue weighted by Crippen LogP contribution is -2.05. The topological polar surface area (TPSA) is 25.8 Å². The van der Waals surface area contributed by atoms with Crippen molar-refractivity contribution in [2.24, 2.45) is 0 Å². The zero-order valence-electron chi connectivity index (χ0n) is 12.3. The van der Waals surface area contributed by atoms with Crippen molar-refractivity contribution in [2.45, 2.75) is 17.0 Å². The minimum absolute atomic E-state index is 0.184. The molecule has 0 fully saturated rings. The summed E-state index contributed by atoms with van der Waals surface area (Å²) in [5, 5.41) is 2.27. The number of thiazole rings is 1. The van der Waals surface area contributed by atoms with Crippen LogP contribution in [0.5, 0.6) is 0 Å². The first-order chi connectivity index (χ1) is 11.8. The monoisotopic (exact) mass is 388 g/mol. The van der Waals surface area contributed by atoms with E-state index in [9.17, 15) is 22.0 Å². The van der Waals surface area contributed by atoms with Crippen LogP contribution in [0, 0.1) is 11.6 Å². The van der Waals surface area contributed by atoms with Crippen LogP contribution >= 0.6 is 23.1 Å². The highest BCUT2D eigenvalue weighted by Crippen LogP contribution is 2.32. The molecule has 0 atom stereocenters. The summed E-state index contributed by atoms with van der Waals surface area (Å²) in [5.41, 5.74) is -0.437. The minimum Gasteiger partial charge on any atom is -0.249 e. The largest absolute Gasteiger partial charge is 0.417 e. The molecule has 0 spiro atoms. The van der Waals surface area contributed by atoms with Crippen molar-refractivity contribution in [3.63, 3.8) is 0 Å². The van der Waals surface area contributed by atoms with Gasteiger partial charge in [0.15, 0.2) is 0 Å². The first-order valence-corrected chi connectivity index (χ1v) is 8.76. The van der Waals surface area contributed by atoms with E-state index < -0.39 is 23.4 Å². The number of pyridine rings is 1. The summed E-state index contributed by atoms with van der Waals surface area (Å²) in [6, 6.07) is 5.81. The van der Waals surface area contributed by atoms with Crippen LogP contribution in [-0.4, -0.2) is 9.97 Å². The van der Waals surface area contributed by atoms with Crippen molar-refractivity contribution >= 4 is 23.1 Å². The van der Waals surface area contributed by atoms with E-state index in [2.05, 4.69) is 9.97 Å². The van der Waals surface area contributed by atoms with Crippen LogP contribution in [-0.2, 0) is 11.9 Å². The summed E-state index contributed by atoms with van der Waals surface area (Å²) in [4.78, 5) is 7.94. The molecule has 2 aromatic heterocycles. The Labute approximate surface area is 147 Å². The van der Waals surface area contributed by atoms with Gasteiger partial charge in [-0.05, 0) is 24.3 Å². The Morgan fingerprint density at radius 3 is 2.36 bits per heavy atom. The van der Waals surface area contributed by atoms with Crippen molar-refractivity contribution in [3.8, 4) is 10.6 Å². The normalized spacial score (nSPS) is 11.7. The number of thioether (sulfide) groups is 1. The number of hydrogen-bond donors (Lipinski definition) is 0. The van der Waals surface area contributed by atoms with E-state index in [-0.39, 0.29) is 10.6 Å². The van der Waals surface area contributed by atoms with Gasteiger partial charge in [-0.2, -0.15) is 13.2 Å². The van der Waals surface area contributed by atoms with Gasteiger partial charge in [-0.25, -0.2) is 18.7 Å². The highest BCUT2D eigenvalue weighted by Gasteiger charge is 2.30. The number of rotatable bonds is 4. The van der Waals surface area contributed by atoms with Crippen molar-refractivity contribution in [1.82, 2.24) is 9.97 Å². The Morgan fingerprint density at radius 2 is 1.76 bits per heavy atom. The summed E-state index contributed by atoms with van der Waals surface area (Å²) in [6.45, 7) is 0. The first kappa shape index (κ1) is 17.8. The van der Waals surface area contributed by atoms with Crippen LogP contribution in [0.4, 0.5) is 22.0 Å². The Hall–Kier alpha value is -2.00. The maximum absolute atomic E-state index is 13.7. The van der Waals surface area contributed by atoms with E-state index in [1.54, 1.807) is 5.38 Å². The standard InChI is InChI=1S/C16H9F5N2S2/c17-11-2-1-3-12(18)14(11)15-23-10(8-25-15)7-24-13-5-4-9(6-22-13)16(19,20)21/h1-6,8H,7H2. The van der Waals surface area contributed by atoms with Gasteiger partial charge in [-0.15, -0.1) is 23.1 Å². The second-order valence-corrected chi connectivity index (χ2v) is 6.77. The molecular weight excluding hydrogens is 379 g/mol. The lowest BCUT2D eigenvalue weighted by Gasteiger charge is -2.06. The van der Waals surface area contributed by atoms with E-state index >= 15 is 0 Å². The van der Waals surface area contributed by atoms with Crippen LogP contribution in [0.2, 0.25) is 0 Å². The first-order valence-electron chi connectivity index (χ1n) is 6.89. The molecule has 3 rings (SSSR count). The van der Waals surface area contributed by atoms with Gasteiger partial charge < -0.3 is 0 Å². The lowest BCUT2D eigenvalue weighted by molar-refractivity contribution is -0.137. The maximum Gasteiger partial charge on any atom is 0.417 e. The smallest absolute Gasteiger partial charge is 0.249 e. The molecule has 130 valence electrons. The van der Waals surface area contributed by atoms with Crippen LogP contribution < -0.4 is 0 Å². The second kappa shape index (κ2) is 7.09. The van der Waals surface area contributed by atoms with Gasteiger partial charge in [0.05, 0.1) is 21.8 Å². The van der Waals surface area contributed by atoms with Crippen LogP contribution in [0.1, 0.15) is 11.3 Å². The molecule has 0 unspecified atom stereocenters. The quantitative estimate of drug-likeness (QED) is 0.418. The molecule has 2 nitrogen and oxygen atoms in total. The average molecular weight is 388 g/mol. The SMILES string of the molecule is Fc1cccc(F)c1-c1nc(CSc2ccc(C(F)(F)F)cn2)cs1. The molecule has 0 aliphatic carbocycles. The molecule has 0 aliphatic heterocycles. The number of alkyl halides is 3. The Balaban J connectivity index is 1.70. The number of halogens is 5. The molecule has 1 aromatic carbocycles. The third-order valence-electron chi connectivity index (χ3n) is 3.16. The summed E-state index contributed by atoms with van der Waals surface area (Å²) in [6.07, 6.45) is -3.66. The summed E-state index contributed by atoms with van der Waals surface area (Å²) < 4.78 is 64.9. The van der Waals surface area contributed by atoms with Crippen LogP contribution in [0.25, 0.3) is 10.6 Å². The number of hydrogen-bond acceptors (Lipinski definition) is 4. The van der Waals surface area contributed by atoms with E-state index in [0.29, 0.717) is 16.5 Å². The molecule has 0 saturated carbocycles. The maximum atomic E-state index is 13.7. The fraction of sp³-hybridized carbons (Fsp3) is 0.125. The Bertz CT molecular complexity index is 855. The third kappa shape index (κ3) is 4.16. The lowest BCUT2D eigenvalue weighted by atomic mass is 10.2. The Kier molecular flexibility index (Phi) is 5.05. The molecule has 3 aromatic rings. The van der Waals surface area contributed by atoms with Crippen molar-refractivity contribution in [3.05, 3.63) is 64.8 Å². The molecule has 0 amide bonds. The Morgan fingerprint density at radius 1 is 1.04 bits per heavy atom. The van der Waals surface area contributed by atoms with E-state index in [1.807, 2.05) is 0 Å². The molecule has 9 heteroatoms. The third-order valence-corrected chi connectivity index (χ3v) is 5.05. The number of nitrogens with zero attached hydrogens (tertiary/aromatic N) is 2. The van der Waals surface area contributed by atoms with Gasteiger partial charge in [0.25, 0.3) is 0 Å². The zero-order valence-corrected chi connectivity index (χ0v) is 14.0. The molecule has 0 bridgehead atoms. The molecular formula is C16H9F5N2S2. The van der Waals surface area contributed by atoms with Crippen LogP contribution in [0.3, 0.4) is 0 Å². The highest BCUT2D eigenvalue weighted by atomic mass is 32.2. The van der Waals surface area contributed by atoms with E-state index in [4.69, 9.17) is 0 Å². The summed E-state index contributed by atoms with van der Waals surface area (Å²) in [7, 11) is 0. The summed E-state index contributed by atoms with van der Waals surface area (Å²) in [5.74, 6) is -1.07. The van der Waals surface area contributed by atoms with Crippen molar-refractivity contribution < 1.29 is 22.0 Å². The predicted molar refractivity (Wildman–Crippen MR) is 86.3 cm³/mol. The van der Waals surface area contributed by atoms with Gasteiger partial charge in [-0.1, -0.05) is 6.07 Å². The van der Waals surface area contributed by atoms with Crippen molar-refractivity contribution in [2.75, 3.05) is 0 Å². The molecule has 25 heavy (non-hydrogen) atoms. The molecule has 0 saturated heterocycles. The second-order valence-electron chi connectivity index (χ2n) is 4.91. The highest BCUT2D eigenvalue weighted by molar-refractivity contribution is 7.98. The molecule has 0 aliphatic rings. The fourth-order valence-corrected chi connectivity index (χ4v) is 3.68. The van der Waals surface area contributed by atoms with E-state index in [0.717, 1.165) is 35.7 Å². The average Bonchev–Trinajstić information content (AvgIpc) is 3.01. The van der Waals surface area contributed by atoms with Gasteiger partial charge in [-0.3, -0.25) is 0 Å². The fourth-order valence-electron chi connectivity index (χ4n) is 1.97. The molecule has 2 heterocycles. The predicted octanol–water partition coefficient (Wildman–Crippen LogP) is 5.79. The van der Waals surface area contributed by atoms with Gasteiger partial charge in [0, 0.05) is 17.3 Å². The van der Waals surface area contributed by atoms with Crippen LogP contribution in [0.15, 0.2) is 46.9 Å². The van der Waals surface area contributed by atoms with Gasteiger partial charge in [0.1, 0.15) is 16.6 Å². The molecule has 0 radical (unpaired) electrons.